The second-order valence-corrected chi connectivity index (χ2v) is 4.35. The molecule has 1 aliphatic rings. The molecule has 1 saturated heterocycles. The van der Waals surface area contributed by atoms with Gasteiger partial charge in [-0.05, 0) is 12.1 Å². The summed E-state index contributed by atoms with van der Waals surface area (Å²) in [6, 6.07) is 3.72. The molecule has 0 spiro atoms. The maximum Gasteiger partial charge on any atom is 0.237 e. The highest BCUT2D eigenvalue weighted by atomic mass is 32.2. The number of hydrogen-bond donors (Lipinski definition) is 1. The molecule has 1 aliphatic heterocycles. The van der Waals surface area contributed by atoms with E-state index in [-0.39, 0.29) is 0 Å². The Kier molecular flexibility index (Phi) is 2.79. The molecule has 4 nitrogen and oxygen atoms in total. The van der Waals surface area contributed by atoms with E-state index in [0.29, 0.717) is 16.8 Å². The summed E-state index contributed by atoms with van der Waals surface area (Å²) in [5.74, 6) is 0.496. The molecule has 1 fully saturated rings. The Morgan fingerprint density at radius 2 is 2.36 bits per heavy atom. The van der Waals surface area contributed by atoms with Crippen LogP contribution in [0, 0.1) is 0 Å². The van der Waals surface area contributed by atoms with E-state index in [9.17, 15) is 0 Å². The highest BCUT2D eigenvalue weighted by Crippen LogP contribution is 2.29. The third-order valence-corrected chi connectivity index (χ3v) is 3.03. The molecule has 1 aromatic heterocycles. The Labute approximate surface area is 86.8 Å². The molecule has 0 atom stereocenters. The second-order valence-electron chi connectivity index (χ2n) is 3.03. The Bertz CT molecular complexity index is 329. The lowest BCUT2D eigenvalue weighted by molar-refractivity contribution is 0.0454. The molecule has 2 N–H and O–H groups in total. The molecule has 14 heavy (non-hydrogen) atoms. The van der Waals surface area contributed by atoms with Gasteiger partial charge in [-0.1, -0.05) is 11.8 Å². The van der Waals surface area contributed by atoms with Gasteiger partial charge in [0.05, 0.1) is 31.3 Å². The number of nitrogen functional groups attached to an aromatic ring is 1. The predicted molar refractivity (Wildman–Crippen MR) is 55.7 cm³/mol. The monoisotopic (exact) mass is 212 g/mol. The van der Waals surface area contributed by atoms with Crippen LogP contribution in [0.5, 0.6) is 5.88 Å². The molecule has 2 heterocycles. The zero-order valence-electron chi connectivity index (χ0n) is 7.90. The van der Waals surface area contributed by atoms with Crippen LogP contribution >= 0.6 is 11.8 Å². The summed E-state index contributed by atoms with van der Waals surface area (Å²) in [5.41, 5.74) is 6.23. The largest absolute Gasteiger partial charge is 0.480 e. The van der Waals surface area contributed by atoms with Gasteiger partial charge in [0.1, 0.15) is 5.03 Å². The van der Waals surface area contributed by atoms with E-state index in [4.69, 9.17) is 15.2 Å². The first-order valence-corrected chi connectivity index (χ1v) is 5.22. The highest BCUT2D eigenvalue weighted by Gasteiger charge is 2.20. The number of hydrogen-bond acceptors (Lipinski definition) is 5. The van der Waals surface area contributed by atoms with E-state index in [1.807, 2.05) is 12.1 Å². The summed E-state index contributed by atoms with van der Waals surface area (Å²) < 4.78 is 10.1. The first-order valence-electron chi connectivity index (χ1n) is 4.34. The van der Waals surface area contributed by atoms with Gasteiger partial charge < -0.3 is 15.2 Å². The van der Waals surface area contributed by atoms with Crippen molar-refractivity contribution < 1.29 is 9.47 Å². The van der Waals surface area contributed by atoms with Gasteiger partial charge in [-0.3, -0.25) is 0 Å². The SMILES string of the molecule is COc1nc(SC2COC2)ccc1N. The number of aromatic nitrogens is 1. The van der Waals surface area contributed by atoms with E-state index in [2.05, 4.69) is 4.98 Å². The van der Waals surface area contributed by atoms with Crippen molar-refractivity contribution in [2.45, 2.75) is 10.3 Å². The number of anilines is 1. The third-order valence-electron chi connectivity index (χ3n) is 1.95. The fourth-order valence-corrected chi connectivity index (χ4v) is 2.07. The molecule has 0 unspecified atom stereocenters. The van der Waals surface area contributed by atoms with Crippen LogP contribution in [0.1, 0.15) is 0 Å². The number of ether oxygens (including phenoxy) is 2. The van der Waals surface area contributed by atoms with Crippen LogP contribution in [0.15, 0.2) is 17.2 Å². The number of nitrogens with zero attached hydrogens (tertiary/aromatic N) is 1. The van der Waals surface area contributed by atoms with Crippen LogP contribution in [-0.2, 0) is 4.74 Å². The minimum absolute atomic E-state index is 0.496. The average Bonchev–Trinajstić information content (AvgIpc) is 2.14. The Balaban J connectivity index is 2.09. The average molecular weight is 212 g/mol. The molecule has 0 saturated carbocycles. The van der Waals surface area contributed by atoms with Crippen molar-refractivity contribution >= 4 is 17.4 Å². The highest BCUT2D eigenvalue weighted by molar-refractivity contribution is 8.00. The number of pyridine rings is 1. The Morgan fingerprint density at radius 1 is 1.57 bits per heavy atom. The first kappa shape index (κ1) is 9.61. The van der Waals surface area contributed by atoms with Crippen molar-refractivity contribution in [3.05, 3.63) is 12.1 Å². The van der Waals surface area contributed by atoms with Crippen molar-refractivity contribution in [2.75, 3.05) is 26.1 Å². The molecule has 1 aromatic rings. The third kappa shape index (κ3) is 1.93. The Hall–Kier alpha value is -0.940. The van der Waals surface area contributed by atoms with Gasteiger partial charge in [0.25, 0.3) is 0 Å². The maximum atomic E-state index is 5.66. The molecule has 0 radical (unpaired) electrons. The smallest absolute Gasteiger partial charge is 0.237 e. The lowest BCUT2D eigenvalue weighted by Gasteiger charge is -2.24. The summed E-state index contributed by atoms with van der Waals surface area (Å²) in [6.07, 6.45) is 0. The number of thioether (sulfide) groups is 1. The zero-order chi connectivity index (χ0) is 9.97. The van der Waals surface area contributed by atoms with Crippen molar-refractivity contribution in [1.29, 1.82) is 0 Å². The first-order chi connectivity index (χ1) is 6.79. The van der Waals surface area contributed by atoms with E-state index in [1.54, 1.807) is 18.9 Å². The number of rotatable bonds is 3. The minimum atomic E-state index is 0.496. The van der Waals surface area contributed by atoms with Crippen LogP contribution in [0.3, 0.4) is 0 Å². The molecule has 2 rings (SSSR count). The summed E-state index contributed by atoms with van der Waals surface area (Å²) in [7, 11) is 1.57. The van der Waals surface area contributed by atoms with Crippen molar-refractivity contribution in [3.8, 4) is 5.88 Å². The molecule has 76 valence electrons. The molecule has 0 amide bonds. The van der Waals surface area contributed by atoms with Gasteiger partial charge in [-0.15, -0.1) is 0 Å². The molecule has 0 aromatic carbocycles. The molecular formula is C9H12N2O2S. The van der Waals surface area contributed by atoms with Gasteiger partial charge in [-0.25, -0.2) is 4.98 Å². The van der Waals surface area contributed by atoms with Crippen LogP contribution in [-0.4, -0.2) is 30.6 Å². The summed E-state index contributed by atoms with van der Waals surface area (Å²) in [4.78, 5) is 4.27. The van der Waals surface area contributed by atoms with Gasteiger partial charge in [0, 0.05) is 0 Å². The second kappa shape index (κ2) is 4.06. The van der Waals surface area contributed by atoms with Crippen LogP contribution in [0.25, 0.3) is 0 Å². The summed E-state index contributed by atoms with van der Waals surface area (Å²) in [5, 5.41) is 1.46. The van der Waals surface area contributed by atoms with Crippen molar-refractivity contribution in [2.24, 2.45) is 0 Å². The normalized spacial score (nSPS) is 16.4. The van der Waals surface area contributed by atoms with E-state index < -0.39 is 0 Å². The van der Waals surface area contributed by atoms with Crippen LogP contribution < -0.4 is 10.5 Å². The molecule has 5 heteroatoms. The summed E-state index contributed by atoms with van der Waals surface area (Å²) in [6.45, 7) is 1.61. The van der Waals surface area contributed by atoms with Crippen LogP contribution in [0.4, 0.5) is 5.69 Å². The van der Waals surface area contributed by atoms with Gasteiger partial charge in [0.15, 0.2) is 0 Å². The van der Waals surface area contributed by atoms with Crippen molar-refractivity contribution in [3.63, 3.8) is 0 Å². The topological polar surface area (TPSA) is 57.4 Å². The minimum Gasteiger partial charge on any atom is -0.480 e. The van der Waals surface area contributed by atoms with Crippen molar-refractivity contribution in [1.82, 2.24) is 4.98 Å². The fourth-order valence-electron chi connectivity index (χ4n) is 1.12. The maximum absolute atomic E-state index is 5.66. The Morgan fingerprint density at radius 3 is 2.93 bits per heavy atom. The lowest BCUT2D eigenvalue weighted by Crippen LogP contribution is -2.30. The standard InChI is InChI=1S/C9H12N2O2S/c1-12-9-7(10)2-3-8(11-9)14-6-4-13-5-6/h2-3,6H,4-5,10H2,1H3. The van der Waals surface area contributed by atoms with E-state index >= 15 is 0 Å². The quantitative estimate of drug-likeness (QED) is 0.814. The molecule has 0 bridgehead atoms. The number of methoxy groups -OCH3 is 1. The van der Waals surface area contributed by atoms with Gasteiger partial charge in [-0.2, -0.15) is 0 Å². The summed E-state index contributed by atoms with van der Waals surface area (Å²) >= 11 is 1.70. The zero-order valence-corrected chi connectivity index (χ0v) is 8.71. The van der Waals surface area contributed by atoms with Crippen LogP contribution in [0.2, 0.25) is 0 Å². The lowest BCUT2D eigenvalue weighted by atomic mass is 10.4. The fraction of sp³-hybridized carbons (Fsp3) is 0.444. The predicted octanol–water partition coefficient (Wildman–Crippen LogP) is 1.16. The number of nitrogens with two attached hydrogens (primary N) is 1. The van der Waals surface area contributed by atoms with E-state index in [1.165, 1.54) is 0 Å². The van der Waals surface area contributed by atoms with Gasteiger partial charge >= 0.3 is 0 Å². The van der Waals surface area contributed by atoms with Gasteiger partial charge in [0.2, 0.25) is 5.88 Å². The molecule has 0 aliphatic carbocycles. The molecular weight excluding hydrogens is 200 g/mol. The van der Waals surface area contributed by atoms with E-state index in [0.717, 1.165) is 18.2 Å².